The van der Waals surface area contributed by atoms with Gasteiger partial charge in [0.05, 0.1) is 6.61 Å². The zero-order valence-corrected chi connectivity index (χ0v) is 10.8. The molecular weight excluding hydrogens is 226 g/mol. The van der Waals surface area contributed by atoms with Gasteiger partial charge in [-0.1, -0.05) is 12.1 Å². The topological polar surface area (TPSA) is 31.2 Å². The molecule has 1 unspecified atom stereocenters. The number of carbonyl (C=O) groups excluding carboxylic acids is 1. The summed E-state index contributed by atoms with van der Waals surface area (Å²) in [5.74, 6) is 0.263. The summed E-state index contributed by atoms with van der Waals surface area (Å²) in [5, 5.41) is 1.06. The van der Waals surface area contributed by atoms with Crippen molar-refractivity contribution in [3.8, 4) is 0 Å². The molecule has 0 N–H and O–H groups in total. The van der Waals surface area contributed by atoms with E-state index < -0.39 is 0 Å². The SMILES string of the molecule is Cc1ccc2c(C(=O)C3CCOC3)cn(C)c2c1. The van der Waals surface area contributed by atoms with Gasteiger partial charge >= 0.3 is 0 Å². The van der Waals surface area contributed by atoms with Crippen molar-refractivity contribution >= 4 is 16.7 Å². The lowest BCUT2D eigenvalue weighted by atomic mass is 9.96. The highest BCUT2D eigenvalue weighted by Crippen LogP contribution is 2.26. The van der Waals surface area contributed by atoms with Gasteiger partial charge in [0.1, 0.15) is 0 Å². The van der Waals surface area contributed by atoms with Crippen LogP contribution in [0.25, 0.3) is 10.9 Å². The molecule has 0 spiro atoms. The van der Waals surface area contributed by atoms with Crippen LogP contribution >= 0.6 is 0 Å². The second kappa shape index (κ2) is 4.25. The fourth-order valence-electron chi connectivity index (χ4n) is 2.65. The van der Waals surface area contributed by atoms with Crippen molar-refractivity contribution in [2.75, 3.05) is 13.2 Å². The van der Waals surface area contributed by atoms with Crippen LogP contribution in [0.1, 0.15) is 22.3 Å². The number of hydrogen-bond donors (Lipinski definition) is 0. The van der Waals surface area contributed by atoms with Crippen LogP contribution in [0.2, 0.25) is 0 Å². The molecule has 1 aliphatic rings. The van der Waals surface area contributed by atoms with Gasteiger partial charge in [-0.05, 0) is 25.0 Å². The van der Waals surface area contributed by atoms with Gasteiger partial charge in [-0.2, -0.15) is 0 Å². The number of ether oxygens (including phenoxy) is 1. The zero-order chi connectivity index (χ0) is 12.7. The second-order valence-electron chi connectivity index (χ2n) is 5.10. The monoisotopic (exact) mass is 243 g/mol. The Morgan fingerprint density at radius 2 is 2.28 bits per heavy atom. The minimum absolute atomic E-state index is 0.0388. The summed E-state index contributed by atoms with van der Waals surface area (Å²) in [4.78, 5) is 12.5. The van der Waals surface area contributed by atoms with E-state index in [9.17, 15) is 4.79 Å². The van der Waals surface area contributed by atoms with Crippen LogP contribution < -0.4 is 0 Å². The molecule has 3 heteroatoms. The van der Waals surface area contributed by atoms with Crippen molar-refractivity contribution in [1.82, 2.24) is 4.57 Å². The Morgan fingerprint density at radius 1 is 1.44 bits per heavy atom. The van der Waals surface area contributed by atoms with E-state index in [1.807, 2.05) is 23.9 Å². The van der Waals surface area contributed by atoms with Crippen LogP contribution in [0.3, 0.4) is 0 Å². The third-order valence-electron chi connectivity index (χ3n) is 3.71. The number of nitrogens with zero attached hydrogens (tertiary/aromatic N) is 1. The lowest BCUT2D eigenvalue weighted by Gasteiger charge is -2.05. The Morgan fingerprint density at radius 3 is 3.00 bits per heavy atom. The molecule has 2 aromatic rings. The van der Waals surface area contributed by atoms with E-state index in [1.165, 1.54) is 5.56 Å². The Kier molecular flexibility index (Phi) is 2.71. The highest BCUT2D eigenvalue weighted by atomic mass is 16.5. The standard InChI is InChI=1S/C15H17NO2/c1-10-3-4-12-13(8-16(2)14(12)7-10)15(17)11-5-6-18-9-11/h3-4,7-8,11H,5-6,9H2,1-2H3. The Labute approximate surface area is 106 Å². The quantitative estimate of drug-likeness (QED) is 0.759. The summed E-state index contributed by atoms with van der Waals surface area (Å²) in [6.07, 6.45) is 2.80. The molecule has 3 rings (SSSR count). The first kappa shape index (κ1) is 11.5. The van der Waals surface area contributed by atoms with Crippen molar-refractivity contribution in [3.63, 3.8) is 0 Å². The summed E-state index contributed by atoms with van der Waals surface area (Å²) in [7, 11) is 1.99. The number of aromatic nitrogens is 1. The van der Waals surface area contributed by atoms with Crippen molar-refractivity contribution in [2.45, 2.75) is 13.3 Å². The Bertz CT molecular complexity index is 606. The first-order chi connectivity index (χ1) is 8.66. The first-order valence-corrected chi connectivity index (χ1v) is 6.34. The van der Waals surface area contributed by atoms with Crippen LogP contribution in [0.15, 0.2) is 24.4 Å². The number of fused-ring (bicyclic) bond motifs is 1. The first-order valence-electron chi connectivity index (χ1n) is 6.34. The molecule has 1 aromatic heterocycles. The van der Waals surface area contributed by atoms with E-state index in [-0.39, 0.29) is 11.7 Å². The molecule has 3 nitrogen and oxygen atoms in total. The third-order valence-corrected chi connectivity index (χ3v) is 3.71. The molecule has 0 saturated carbocycles. The lowest BCUT2D eigenvalue weighted by Crippen LogP contribution is -2.14. The predicted octanol–water partition coefficient (Wildman–Crippen LogP) is 2.71. The van der Waals surface area contributed by atoms with Crippen LogP contribution in [0.4, 0.5) is 0 Å². The Balaban J connectivity index is 2.09. The smallest absolute Gasteiger partial charge is 0.170 e. The van der Waals surface area contributed by atoms with E-state index in [2.05, 4.69) is 19.1 Å². The van der Waals surface area contributed by atoms with Gasteiger partial charge in [-0.25, -0.2) is 0 Å². The Hall–Kier alpha value is -1.61. The summed E-state index contributed by atoms with van der Waals surface area (Å²) in [5.41, 5.74) is 3.17. The van der Waals surface area contributed by atoms with Gasteiger partial charge in [0, 0.05) is 42.2 Å². The lowest BCUT2D eigenvalue weighted by molar-refractivity contribution is 0.0902. The van der Waals surface area contributed by atoms with E-state index in [0.717, 1.165) is 22.9 Å². The average molecular weight is 243 g/mol. The van der Waals surface area contributed by atoms with Gasteiger partial charge in [-0.15, -0.1) is 0 Å². The number of ketones is 1. The summed E-state index contributed by atoms with van der Waals surface area (Å²) >= 11 is 0. The maximum Gasteiger partial charge on any atom is 0.170 e. The molecule has 2 heterocycles. The molecular formula is C15H17NO2. The van der Waals surface area contributed by atoms with Crippen LogP contribution in [0.5, 0.6) is 0 Å². The average Bonchev–Trinajstić information content (AvgIpc) is 2.97. The van der Waals surface area contributed by atoms with E-state index >= 15 is 0 Å². The van der Waals surface area contributed by atoms with Crippen molar-refractivity contribution in [2.24, 2.45) is 13.0 Å². The second-order valence-corrected chi connectivity index (χ2v) is 5.10. The van der Waals surface area contributed by atoms with E-state index in [1.54, 1.807) is 0 Å². The molecule has 1 fully saturated rings. The van der Waals surface area contributed by atoms with E-state index in [0.29, 0.717) is 13.2 Å². The molecule has 0 radical (unpaired) electrons. The van der Waals surface area contributed by atoms with Crippen molar-refractivity contribution < 1.29 is 9.53 Å². The fourth-order valence-corrected chi connectivity index (χ4v) is 2.65. The van der Waals surface area contributed by atoms with Gasteiger partial charge < -0.3 is 9.30 Å². The van der Waals surface area contributed by atoms with E-state index in [4.69, 9.17) is 4.74 Å². The third kappa shape index (κ3) is 1.75. The molecule has 1 saturated heterocycles. The molecule has 94 valence electrons. The van der Waals surface area contributed by atoms with Crippen LogP contribution in [-0.4, -0.2) is 23.6 Å². The number of Topliss-reactive ketones (excluding diaryl/α,β-unsaturated/α-hetero) is 1. The summed E-state index contributed by atoms with van der Waals surface area (Å²) in [6, 6.07) is 6.23. The normalized spacial score (nSPS) is 19.6. The maximum absolute atomic E-state index is 12.5. The fraction of sp³-hybridized carbons (Fsp3) is 0.400. The predicted molar refractivity (Wildman–Crippen MR) is 70.9 cm³/mol. The largest absolute Gasteiger partial charge is 0.381 e. The molecule has 1 aliphatic heterocycles. The van der Waals surface area contributed by atoms with Crippen LogP contribution in [0, 0.1) is 12.8 Å². The van der Waals surface area contributed by atoms with Gasteiger partial charge in [0.15, 0.2) is 5.78 Å². The molecule has 0 aliphatic carbocycles. The number of carbonyl (C=O) groups is 1. The minimum Gasteiger partial charge on any atom is -0.381 e. The number of rotatable bonds is 2. The summed E-state index contributed by atoms with van der Waals surface area (Å²) < 4.78 is 7.34. The van der Waals surface area contributed by atoms with Gasteiger partial charge in [0.25, 0.3) is 0 Å². The molecule has 0 amide bonds. The van der Waals surface area contributed by atoms with Gasteiger partial charge in [-0.3, -0.25) is 4.79 Å². The minimum atomic E-state index is 0.0388. The maximum atomic E-state index is 12.5. The van der Waals surface area contributed by atoms with Crippen molar-refractivity contribution in [3.05, 3.63) is 35.5 Å². The molecule has 18 heavy (non-hydrogen) atoms. The number of benzene rings is 1. The van der Waals surface area contributed by atoms with Gasteiger partial charge in [0.2, 0.25) is 0 Å². The highest BCUT2D eigenvalue weighted by molar-refractivity contribution is 6.09. The zero-order valence-electron chi connectivity index (χ0n) is 10.8. The molecule has 1 aromatic carbocycles. The van der Waals surface area contributed by atoms with Crippen LogP contribution in [-0.2, 0) is 11.8 Å². The molecule has 0 bridgehead atoms. The summed E-state index contributed by atoms with van der Waals surface area (Å²) in [6.45, 7) is 3.35. The van der Waals surface area contributed by atoms with Crippen molar-refractivity contribution in [1.29, 1.82) is 0 Å². The molecule has 1 atom stereocenters. The number of aryl methyl sites for hydroxylation is 2. The number of hydrogen-bond acceptors (Lipinski definition) is 2. The highest BCUT2D eigenvalue weighted by Gasteiger charge is 2.26.